The summed E-state index contributed by atoms with van der Waals surface area (Å²) in [5, 5.41) is 3.53. The SMILES string of the molecule is CC(CNC(C)(C)C)CSCc1ccco1. The van der Waals surface area contributed by atoms with Crippen LogP contribution in [0.25, 0.3) is 0 Å². The van der Waals surface area contributed by atoms with Gasteiger partial charge in [0.05, 0.1) is 12.0 Å². The van der Waals surface area contributed by atoms with Gasteiger partial charge in [-0.3, -0.25) is 0 Å². The number of furan rings is 1. The third kappa shape index (κ3) is 6.23. The molecular weight excluding hydrogens is 218 g/mol. The van der Waals surface area contributed by atoms with Crippen molar-refractivity contribution in [1.29, 1.82) is 0 Å². The van der Waals surface area contributed by atoms with Crippen LogP contribution in [-0.2, 0) is 5.75 Å². The van der Waals surface area contributed by atoms with E-state index < -0.39 is 0 Å². The molecule has 1 rings (SSSR count). The number of nitrogens with one attached hydrogen (secondary N) is 1. The van der Waals surface area contributed by atoms with Gasteiger partial charge < -0.3 is 9.73 Å². The molecule has 1 aromatic rings. The van der Waals surface area contributed by atoms with Crippen LogP contribution in [0.3, 0.4) is 0 Å². The van der Waals surface area contributed by atoms with E-state index in [0.29, 0.717) is 5.92 Å². The molecule has 0 aliphatic rings. The summed E-state index contributed by atoms with van der Waals surface area (Å²) >= 11 is 1.94. The van der Waals surface area contributed by atoms with Gasteiger partial charge in [-0.1, -0.05) is 6.92 Å². The van der Waals surface area contributed by atoms with Gasteiger partial charge in [0.1, 0.15) is 5.76 Å². The van der Waals surface area contributed by atoms with Gasteiger partial charge in [-0.2, -0.15) is 11.8 Å². The van der Waals surface area contributed by atoms with Crippen LogP contribution in [0.4, 0.5) is 0 Å². The Balaban J connectivity index is 2.09. The zero-order valence-electron chi connectivity index (χ0n) is 10.7. The molecular formula is C13H23NOS. The van der Waals surface area contributed by atoms with E-state index >= 15 is 0 Å². The molecule has 0 fully saturated rings. The maximum Gasteiger partial charge on any atom is 0.113 e. The minimum Gasteiger partial charge on any atom is -0.468 e. The summed E-state index contributed by atoms with van der Waals surface area (Å²) < 4.78 is 5.29. The Morgan fingerprint density at radius 1 is 1.44 bits per heavy atom. The highest BCUT2D eigenvalue weighted by molar-refractivity contribution is 7.98. The molecule has 3 heteroatoms. The molecule has 0 bridgehead atoms. The minimum absolute atomic E-state index is 0.222. The van der Waals surface area contributed by atoms with E-state index in [1.165, 1.54) is 5.75 Å². The molecule has 1 aromatic heterocycles. The van der Waals surface area contributed by atoms with E-state index in [1.807, 2.05) is 23.9 Å². The van der Waals surface area contributed by atoms with Crippen LogP contribution in [0, 0.1) is 5.92 Å². The van der Waals surface area contributed by atoms with Crippen molar-refractivity contribution in [3.63, 3.8) is 0 Å². The second-order valence-corrected chi connectivity index (χ2v) is 6.36. The first kappa shape index (κ1) is 13.7. The first-order chi connectivity index (χ1) is 7.47. The number of thioether (sulfide) groups is 1. The maximum absolute atomic E-state index is 5.29. The summed E-state index contributed by atoms with van der Waals surface area (Å²) in [5.41, 5.74) is 0.222. The van der Waals surface area contributed by atoms with E-state index in [2.05, 4.69) is 33.0 Å². The van der Waals surface area contributed by atoms with Crippen LogP contribution in [0.1, 0.15) is 33.5 Å². The van der Waals surface area contributed by atoms with Crippen LogP contribution >= 0.6 is 11.8 Å². The zero-order valence-corrected chi connectivity index (χ0v) is 11.6. The molecule has 92 valence electrons. The molecule has 0 saturated heterocycles. The van der Waals surface area contributed by atoms with Gasteiger partial charge in [0.2, 0.25) is 0 Å². The third-order valence-corrected chi connectivity index (χ3v) is 3.50. The van der Waals surface area contributed by atoms with Crippen molar-refractivity contribution in [2.45, 2.75) is 39.0 Å². The lowest BCUT2D eigenvalue weighted by Crippen LogP contribution is -2.39. The van der Waals surface area contributed by atoms with Crippen molar-refractivity contribution in [2.75, 3.05) is 12.3 Å². The molecule has 2 nitrogen and oxygen atoms in total. The lowest BCUT2D eigenvalue weighted by atomic mass is 10.1. The Kier molecular flexibility index (Phi) is 5.42. The fourth-order valence-corrected chi connectivity index (χ4v) is 2.30. The van der Waals surface area contributed by atoms with E-state index in [0.717, 1.165) is 18.1 Å². The zero-order chi connectivity index (χ0) is 12.0. The molecule has 0 aliphatic carbocycles. The molecule has 0 aliphatic heterocycles. The van der Waals surface area contributed by atoms with Gasteiger partial charge in [-0.15, -0.1) is 0 Å². The Labute approximate surface area is 103 Å². The van der Waals surface area contributed by atoms with Crippen molar-refractivity contribution in [3.8, 4) is 0 Å². The molecule has 0 spiro atoms. The summed E-state index contributed by atoms with van der Waals surface area (Å²) in [6.45, 7) is 9.98. The van der Waals surface area contributed by atoms with Crippen LogP contribution in [-0.4, -0.2) is 17.8 Å². The standard InChI is InChI=1S/C13H23NOS/c1-11(8-14-13(2,3)4)9-16-10-12-6-5-7-15-12/h5-7,11,14H,8-10H2,1-4H3. The van der Waals surface area contributed by atoms with Crippen LogP contribution < -0.4 is 5.32 Å². The van der Waals surface area contributed by atoms with E-state index in [1.54, 1.807) is 6.26 Å². The molecule has 0 amide bonds. The van der Waals surface area contributed by atoms with Crippen molar-refractivity contribution >= 4 is 11.8 Å². The maximum atomic E-state index is 5.29. The third-order valence-electron chi connectivity index (χ3n) is 2.21. The summed E-state index contributed by atoms with van der Waals surface area (Å²) in [6.07, 6.45) is 1.74. The molecule has 1 atom stereocenters. The van der Waals surface area contributed by atoms with Crippen LogP contribution in [0.2, 0.25) is 0 Å². The van der Waals surface area contributed by atoms with Gasteiger partial charge in [0, 0.05) is 5.54 Å². The number of hydrogen-bond acceptors (Lipinski definition) is 3. The predicted octanol–water partition coefficient (Wildman–Crippen LogP) is 3.54. The van der Waals surface area contributed by atoms with Crippen molar-refractivity contribution in [2.24, 2.45) is 5.92 Å². The smallest absolute Gasteiger partial charge is 0.113 e. The van der Waals surface area contributed by atoms with Crippen LogP contribution in [0.5, 0.6) is 0 Å². The first-order valence-electron chi connectivity index (χ1n) is 5.82. The number of hydrogen-bond donors (Lipinski definition) is 1. The average molecular weight is 241 g/mol. The highest BCUT2D eigenvalue weighted by Gasteiger charge is 2.11. The quantitative estimate of drug-likeness (QED) is 0.824. The van der Waals surface area contributed by atoms with Gasteiger partial charge in [-0.05, 0) is 51.1 Å². The molecule has 0 radical (unpaired) electrons. The van der Waals surface area contributed by atoms with Crippen molar-refractivity contribution in [3.05, 3.63) is 24.2 Å². The Morgan fingerprint density at radius 2 is 2.19 bits per heavy atom. The highest BCUT2D eigenvalue weighted by Crippen LogP contribution is 2.15. The van der Waals surface area contributed by atoms with E-state index in [4.69, 9.17) is 4.42 Å². The van der Waals surface area contributed by atoms with Gasteiger partial charge in [-0.25, -0.2) is 0 Å². The predicted molar refractivity (Wildman–Crippen MR) is 71.8 cm³/mol. The molecule has 1 N–H and O–H groups in total. The second kappa shape index (κ2) is 6.36. The highest BCUT2D eigenvalue weighted by atomic mass is 32.2. The molecule has 0 aromatic carbocycles. The largest absolute Gasteiger partial charge is 0.468 e. The van der Waals surface area contributed by atoms with E-state index in [9.17, 15) is 0 Å². The average Bonchev–Trinajstić information content (AvgIpc) is 2.66. The van der Waals surface area contributed by atoms with Gasteiger partial charge in [0.15, 0.2) is 0 Å². The first-order valence-corrected chi connectivity index (χ1v) is 6.98. The summed E-state index contributed by atoms with van der Waals surface area (Å²) in [6, 6.07) is 3.98. The lowest BCUT2D eigenvalue weighted by Gasteiger charge is -2.23. The lowest BCUT2D eigenvalue weighted by molar-refractivity contribution is 0.395. The minimum atomic E-state index is 0.222. The van der Waals surface area contributed by atoms with Crippen molar-refractivity contribution < 1.29 is 4.42 Å². The molecule has 1 unspecified atom stereocenters. The Morgan fingerprint density at radius 3 is 2.75 bits per heavy atom. The van der Waals surface area contributed by atoms with Gasteiger partial charge in [0.25, 0.3) is 0 Å². The fourth-order valence-electron chi connectivity index (χ4n) is 1.29. The van der Waals surface area contributed by atoms with Crippen LogP contribution in [0.15, 0.2) is 22.8 Å². The monoisotopic (exact) mass is 241 g/mol. The molecule has 16 heavy (non-hydrogen) atoms. The Bertz CT molecular complexity index is 277. The van der Waals surface area contributed by atoms with Crippen molar-refractivity contribution in [1.82, 2.24) is 5.32 Å². The number of rotatable bonds is 6. The Hall–Kier alpha value is -0.410. The fraction of sp³-hybridized carbons (Fsp3) is 0.692. The van der Waals surface area contributed by atoms with E-state index in [-0.39, 0.29) is 5.54 Å². The normalized spacial score (nSPS) is 14.0. The summed E-state index contributed by atoms with van der Waals surface area (Å²) in [7, 11) is 0. The van der Waals surface area contributed by atoms with Gasteiger partial charge >= 0.3 is 0 Å². The second-order valence-electron chi connectivity index (χ2n) is 5.33. The topological polar surface area (TPSA) is 25.2 Å². The molecule has 0 saturated carbocycles. The molecule has 1 heterocycles. The summed E-state index contributed by atoms with van der Waals surface area (Å²) in [5.74, 6) is 3.91. The summed E-state index contributed by atoms with van der Waals surface area (Å²) in [4.78, 5) is 0.